The molecule has 238 valence electrons. The molecule has 6 rings (SSSR count). The lowest BCUT2D eigenvalue weighted by Crippen LogP contribution is -2.31. The maximum absolute atomic E-state index is 15.1. The van der Waals surface area contributed by atoms with E-state index in [-0.39, 0.29) is 46.1 Å². The fourth-order valence-electron chi connectivity index (χ4n) is 4.87. The number of amides is 3. The minimum absolute atomic E-state index is 0.0222. The summed E-state index contributed by atoms with van der Waals surface area (Å²) in [6.45, 7) is 1.84. The fraction of sp³-hybridized carbons (Fsp3) is 0.121. The largest absolute Gasteiger partial charge is 0.416 e. The highest BCUT2D eigenvalue weighted by Crippen LogP contribution is 2.33. The lowest BCUT2D eigenvalue weighted by atomic mass is 10.0. The summed E-state index contributed by atoms with van der Waals surface area (Å²) in [5.41, 5.74) is 1.97. The third-order valence-electron chi connectivity index (χ3n) is 7.20. The third kappa shape index (κ3) is 6.92. The number of thioether (sulfide) groups is 1. The highest BCUT2D eigenvalue weighted by Gasteiger charge is 2.32. The van der Waals surface area contributed by atoms with E-state index in [9.17, 15) is 27.2 Å². The van der Waals surface area contributed by atoms with Crippen molar-refractivity contribution in [1.29, 1.82) is 0 Å². The molecule has 47 heavy (non-hydrogen) atoms. The molecule has 1 aromatic heterocycles. The zero-order chi connectivity index (χ0) is 33.3. The van der Waals surface area contributed by atoms with Crippen molar-refractivity contribution in [3.8, 4) is 17.1 Å². The van der Waals surface area contributed by atoms with Crippen LogP contribution in [0.1, 0.15) is 22.3 Å². The molecule has 1 fully saturated rings. The van der Waals surface area contributed by atoms with Gasteiger partial charge in [0.05, 0.1) is 28.4 Å². The van der Waals surface area contributed by atoms with Crippen molar-refractivity contribution < 1.29 is 31.5 Å². The molecule has 0 radical (unpaired) electrons. The summed E-state index contributed by atoms with van der Waals surface area (Å²) in [6.07, 6.45) is -3.00. The van der Waals surface area contributed by atoms with Crippen LogP contribution in [0.4, 0.5) is 38.1 Å². The molecule has 0 bridgehead atoms. The van der Waals surface area contributed by atoms with E-state index < -0.39 is 23.6 Å². The van der Waals surface area contributed by atoms with Crippen molar-refractivity contribution in [3.63, 3.8) is 0 Å². The molecule has 8 nitrogen and oxygen atoms in total. The molecule has 0 spiro atoms. The van der Waals surface area contributed by atoms with Crippen LogP contribution in [0.2, 0.25) is 0 Å². The lowest BCUT2D eigenvalue weighted by Gasteiger charge is -2.21. The Bertz CT molecular complexity index is 2030. The van der Waals surface area contributed by atoms with Gasteiger partial charge in [-0.1, -0.05) is 42.1 Å². The van der Waals surface area contributed by atoms with Crippen LogP contribution >= 0.6 is 11.8 Å². The Morgan fingerprint density at radius 2 is 1.72 bits per heavy atom. The lowest BCUT2D eigenvalue weighted by molar-refractivity contribution is -0.137. The van der Waals surface area contributed by atoms with E-state index in [2.05, 4.69) is 20.4 Å². The molecule has 5 aromatic rings. The number of halogens is 5. The number of rotatable bonds is 6. The molecule has 4 aromatic carbocycles. The summed E-state index contributed by atoms with van der Waals surface area (Å²) in [5, 5.41) is 6.69. The van der Waals surface area contributed by atoms with Crippen LogP contribution in [0.25, 0.3) is 17.1 Å². The van der Waals surface area contributed by atoms with Crippen LogP contribution in [-0.4, -0.2) is 37.6 Å². The number of anilines is 2. The molecule has 1 aliphatic rings. The standard InChI is InChI=1S/C33H23F5N6O2S/c1-19-6-7-21(15-20-4-2-3-5-25(20)34)28(14-19)44-29(45)17-47-32(44)41-31(46)40-27-13-8-22(16-26(27)35)30-39-18-43(42-30)24-11-9-23(10-12-24)33(36,37)38/h2-14,16,18H,15,17H2,1H3,(H,40,46). The molecule has 14 heteroatoms. The molecule has 1 aliphatic heterocycles. The molecule has 3 amide bonds. The van der Waals surface area contributed by atoms with Gasteiger partial charge in [-0.05, 0) is 78.2 Å². The number of hydrogen-bond acceptors (Lipinski definition) is 5. The zero-order valence-corrected chi connectivity index (χ0v) is 25.2. The number of hydrogen-bond donors (Lipinski definition) is 1. The summed E-state index contributed by atoms with van der Waals surface area (Å²) in [4.78, 5) is 35.4. The predicted octanol–water partition coefficient (Wildman–Crippen LogP) is 7.80. The van der Waals surface area contributed by atoms with E-state index in [1.54, 1.807) is 30.3 Å². The molecule has 0 aliphatic carbocycles. The Balaban J connectivity index is 1.19. The van der Waals surface area contributed by atoms with Crippen molar-refractivity contribution in [1.82, 2.24) is 14.8 Å². The second-order valence-electron chi connectivity index (χ2n) is 10.5. The Hall–Kier alpha value is -5.37. The topological polar surface area (TPSA) is 92.5 Å². The number of aromatic nitrogens is 3. The van der Waals surface area contributed by atoms with E-state index in [1.165, 1.54) is 46.2 Å². The van der Waals surface area contributed by atoms with Crippen molar-refractivity contribution in [3.05, 3.63) is 125 Å². The molecule has 0 saturated carbocycles. The zero-order valence-electron chi connectivity index (χ0n) is 24.4. The Morgan fingerprint density at radius 1 is 0.957 bits per heavy atom. The van der Waals surface area contributed by atoms with Gasteiger partial charge in [-0.3, -0.25) is 9.69 Å². The number of aryl methyl sites for hydroxylation is 1. The van der Waals surface area contributed by atoms with Crippen LogP contribution in [-0.2, 0) is 17.4 Å². The SMILES string of the molecule is Cc1ccc(Cc2ccccc2F)c(N2C(=O)CSC2=NC(=O)Nc2ccc(-c3ncn(-c4ccc(C(F)(F)F)cc4)n3)cc2F)c1. The van der Waals surface area contributed by atoms with Crippen molar-refractivity contribution in [2.75, 3.05) is 16.0 Å². The summed E-state index contributed by atoms with van der Waals surface area (Å²) in [5.74, 6) is -1.40. The second kappa shape index (κ2) is 12.8. The predicted molar refractivity (Wildman–Crippen MR) is 169 cm³/mol. The highest BCUT2D eigenvalue weighted by molar-refractivity contribution is 8.15. The van der Waals surface area contributed by atoms with Gasteiger partial charge < -0.3 is 5.32 Å². The summed E-state index contributed by atoms with van der Waals surface area (Å²) >= 11 is 1.05. The summed E-state index contributed by atoms with van der Waals surface area (Å²) in [6, 6.07) is 19.0. The molecule has 1 N–H and O–H groups in total. The molecular formula is C33H23F5N6O2S. The fourth-order valence-corrected chi connectivity index (χ4v) is 5.73. The number of benzene rings is 4. The first-order valence-electron chi connectivity index (χ1n) is 14.0. The molecule has 0 atom stereocenters. The number of amidine groups is 1. The second-order valence-corrected chi connectivity index (χ2v) is 11.4. The molecule has 0 unspecified atom stereocenters. The van der Waals surface area contributed by atoms with Crippen LogP contribution < -0.4 is 10.2 Å². The number of nitrogens with one attached hydrogen (secondary N) is 1. The smallest absolute Gasteiger partial charge is 0.303 e. The quantitative estimate of drug-likeness (QED) is 0.188. The maximum atomic E-state index is 15.1. The van der Waals surface area contributed by atoms with Crippen LogP contribution in [0.3, 0.4) is 0 Å². The normalized spacial score (nSPS) is 14.2. The Morgan fingerprint density at radius 3 is 2.45 bits per heavy atom. The van der Waals surface area contributed by atoms with E-state index >= 15 is 4.39 Å². The van der Waals surface area contributed by atoms with Gasteiger partial charge in [0.1, 0.15) is 18.0 Å². The minimum Gasteiger partial charge on any atom is -0.303 e. The van der Waals surface area contributed by atoms with Gasteiger partial charge in [0, 0.05) is 12.0 Å². The number of carbonyl (C=O) groups excluding carboxylic acids is 2. The summed E-state index contributed by atoms with van der Waals surface area (Å²) in [7, 11) is 0. The van der Waals surface area contributed by atoms with Gasteiger partial charge >= 0.3 is 12.2 Å². The highest BCUT2D eigenvalue weighted by atomic mass is 32.2. The van der Waals surface area contributed by atoms with Gasteiger partial charge in [-0.15, -0.1) is 5.10 Å². The molecular weight excluding hydrogens is 639 g/mol. The van der Waals surface area contributed by atoms with Crippen LogP contribution in [0, 0.1) is 18.6 Å². The average Bonchev–Trinajstić information content (AvgIpc) is 3.67. The van der Waals surface area contributed by atoms with E-state index in [4.69, 9.17) is 0 Å². The maximum Gasteiger partial charge on any atom is 0.416 e. The van der Waals surface area contributed by atoms with E-state index in [0.29, 0.717) is 22.5 Å². The summed E-state index contributed by atoms with van der Waals surface area (Å²) < 4.78 is 69.4. The third-order valence-corrected chi connectivity index (χ3v) is 8.13. The monoisotopic (exact) mass is 662 g/mol. The van der Waals surface area contributed by atoms with Crippen LogP contribution in [0.5, 0.6) is 0 Å². The van der Waals surface area contributed by atoms with E-state index in [0.717, 1.165) is 35.5 Å². The van der Waals surface area contributed by atoms with Gasteiger partial charge in [-0.25, -0.2) is 23.2 Å². The first-order valence-corrected chi connectivity index (χ1v) is 15.0. The van der Waals surface area contributed by atoms with Crippen LogP contribution in [0.15, 0.2) is 96.2 Å². The van der Waals surface area contributed by atoms with Crippen molar-refractivity contribution in [2.24, 2.45) is 4.99 Å². The average molecular weight is 663 g/mol. The number of nitrogens with zero attached hydrogens (tertiary/aromatic N) is 5. The van der Waals surface area contributed by atoms with Crippen molar-refractivity contribution in [2.45, 2.75) is 19.5 Å². The Kier molecular flexibility index (Phi) is 8.60. The van der Waals surface area contributed by atoms with Gasteiger partial charge in [0.15, 0.2) is 11.0 Å². The van der Waals surface area contributed by atoms with Crippen molar-refractivity contribution >= 4 is 40.2 Å². The van der Waals surface area contributed by atoms with Gasteiger partial charge in [0.2, 0.25) is 5.91 Å². The van der Waals surface area contributed by atoms with E-state index in [1.807, 2.05) is 13.0 Å². The molecule has 1 saturated heterocycles. The Labute approximate surface area is 269 Å². The number of alkyl halides is 3. The van der Waals surface area contributed by atoms with Gasteiger partial charge in [0.25, 0.3) is 0 Å². The van der Waals surface area contributed by atoms with Gasteiger partial charge in [-0.2, -0.15) is 18.2 Å². The number of aliphatic imine (C=N–C) groups is 1. The number of carbonyl (C=O) groups is 2. The minimum atomic E-state index is -4.48. The first kappa shape index (κ1) is 31.6. The number of urea groups is 1. The molecule has 2 heterocycles. The first-order chi connectivity index (χ1) is 22.5.